The first-order valence-electron chi connectivity index (χ1n) is 4.12. The van der Waals surface area contributed by atoms with Crippen LogP contribution in [0.1, 0.15) is 20.3 Å². The average Bonchev–Trinajstić information content (AvgIpc) is 2.12. The summed E-state index contributed by atoms with van der Waals surface area (Å²) in [5.41, 5.74) is 0. The molecule has 0 aromatic heterocycles. The van der Waals surface area contributed by atoms with Gasteiger partial charge in [0.25, 0.3) is 0 Å². The zero-order valence-corrected chi connectivity index (χ0v) is 9.13. The Morgan fingerprint density at radius 2 is 2.00 bits per heavy atom. The van der Waals surface area contributed by atoms with Gasteiger partial charge in [-0.2, -0.15) is 0 Å². The summed E-state index contributed by atoms with van der Waals surface area (Å²) in [6.45, 7) is 4.98. The minimum Gasteiger partial charge on any atom is -0.300 e. The van der Waals surface area contributed by atoms with Gasteiger partial charge in [0.1, 0.15) is 0 Å². The molecule has 0 amide bonds. The van der Waals surface area contributed by atoms with Crippen LogP contribution in [0.4, 0.5) is 0 Å². The Bertz CT molecular complexity index is 163. The molecule has 1 unspecified atom stereocenters. The van der Waals surface area contributed by atoms with Gasteiger partial charge in [0, 0.05) is 13.7 Å². The molecule has 0 heterocycles. The van der Waals surface area contributed by atoms with Crippen molar-refractivity contribution in [3.63, 3.8) is 0 Å². The van der Waals surface area contributed by atoms with E-state index < -0.39 is 7.75 Å². The zero-order valence-electron chi connectivity index (χ0n) is 8.24. The van der Waals surface area contributed by atoms with E-state index in [1.54, 1.807) is 11.7 Å². The Hall–Kier alpha value is 0.110. The van der Waals surface area contributed by atoms with E-state index in [0.29, 0.717) is 13.2 Å². The Labute approximate surface area is 74.4 Å². The van der Waals surface area contributed by atoms with Crippen LogP contribution < -0.4 is 0 Å². The molecule has 0 bridgehead atoms. The van der Waals surface area contributed by atoms with Crippen LogP contribution in [0.3, 0.4) is 0 Å². The molecule has 1 atom stereocenters. The van der Waals surface area contributed by atoms with E-state index in [1.165, 1.54) is 7.11 Å². The molecule has 12 heavy (non-hydrogen) atoms. The summed E-state index contributed by atoms with van der Waals surface area (Å²) in [5, 5.41) is 0. The van der Waals surface area contributed by atoms with E-state index in [1.807, 2.05) is 13.8 Å². The lowest BCUT2D eigenvalue weighted by Crippen LogP contribution is -2.17. The van der Waals surface area contributed by atoms with Gasteiger partial charge in [0.05, 0.1) is 6.61 Å². The van der Waals surface area contributed by atoms with E-state index in [9.17, 15) is 4.57 Å². The van der Waals surface area contributed by atoms with Crippen LogP contribution in [-0.4, -0.2) is 32.0 Å². The SMILES string of the molecule is CCCOP(=O)(OC)N(C)CC. The summed E-state index contributed by atoms with van der Waals surface area (Å²) in [4.78, 5) is 0. The molecular weight excluding hydrogens is 177 g/mol. The lowest BCUT2D eigenvalue weighted by atomic mass is 10.5. The standard InChI is InChI=1S/C7H18NO3P/c1-5-7-11-12(9,10-4)8(3)6-2/h5-7H2,1-4H3. The van der Waals surface area contributed by atoms with Gasteiger partial charge in [-0.1, -0.05) is 13.8 Å². The number of nitrogens with zero attached hydrogens (tertiary/aromatic N) is 1. The lowest BCUT2D eigenvalue weighted by molar-refractivity contribution is 0.191. The molecule has 0 spiro atoms. The van der Waals surface area contributed by atoms with Gasteiger partial charge in [-0.3, -0.25) is 9.05 Å². The van der Waals surface area contributed by atoms with Crippen molar-refractivity contribution in [1.29, 1.82) is 0 Å². The molecule has 0 aliphatic heterocycles. The Morgan fingerprint density at radius 1 is 1.42 bits per heavy atom. The predicted octanol–water partition coefficient (Wildman–Crippen LogP) is 2.12. The van der Waals surface area contributed by atoms with Crippen LogP contribution >= 0.6 is 7.75 Å². The molecule has 0 fully saturated rings. The summed E-state index contributed by atoms with van der Waals surface area (Å²) in [5.74, 6) is 0. The lowest BCUT2D eigenvalue weighted by Gasteiger charge is -2.23. The fraction of sp³-hybridized carbons (Fsp3) is 1.00. The predicted molar refractivity (Wildman–Crippen MR) is 49.2 cm³/mol. The third-order valence-corrected chi connectivity index (χ3v) is 3.65. The van der Waals surface area contributed by atoms with Crippen LogP contribution in [0, 0.1) is 0 Å². The second kappa shape index (κ2) is 5.70. The second-order valence-electron chi connectivity index (χ2n) is 2.46. The highest BCUT2D eigenvalue weighted by atomic mass is 31.2. The van der Waals surface area contributed by atoms with Crippen molar-refractivity contribution in [1.82, 2.24) is 4.67 Å². The molecule has 0 saturated carbocycles. The maximum Gasteiger partial charge on any atom is 0.407 e. The van der Waals surface area contributed by atoms with Crippen molar-refractivity contribution >= 4 is 7.75 Å². The first kappa shape index (κ1) is 12.1. The van der Waals surface area contributed by atoms with Crippen LogP contribution in [0.15, 0.2) is 0 Å². The van der Waals surface area contributed by atoms with Gasteiger partial charge in [-0.15, -0.1) is 0 Å². The largest absolute Gasteiger partial charge is 0.407 e. The molecule has 0 aromatic carbocycles. The van der Waals surface area contributed by atoms with Crippen LogP contribution in [-0.2, 0) is 13.6 Å². The molecule has 74 valence electrons. The topological polar surface area (TPSA) is 38.8 Å². The minimum absolute atomic E-state index is 0.468. The first-order valence-corrected chi connectivity index (χ1v) is 5.62. The van der Waals surface area contributed by atoms with Crippen LogP contribution in [0.5, 0.6) is 0 Å². The van der Waals surface area contributed by atoms with Crippen LogP contribution in [0.25, 0.3) is 0 Å². The highest BCUT2D eigenvalue weighted by Gasteiger charge is 2.27. The van der Waals surface area contributed by atoms with Crippen molar-refractivity contribution in [3.05, 3.63) is 0 Å². The van der Waals surface area contributed by atoms with Gasteiger partial charge in [-0.25, -0.2) is 9.24 Å². The number of rotatable bonds is 6. The van der Waals surface area contributed by atoms with E-state index >= 15 is 0 Å². The summed E-state index contributed by atoms with van der Waals surface area (Å²) >= 11 is 0. The van der Waals surface area contributed by atoms with Gasteiger partial charge in [0.15, 0.2) is 0 Å². The highest BCUT2D eigenvalue weighted by molar-refractivity contribution is 7.51. The molecule has 0 rings (SSSR count). The fourth-order valence-corrected chi connectivity index (χ4v) is 2.01. The molecule has 4 nitrogen and oxygen atoms in total. The normalized spacial score (nSPS) is 16.4. The van der Waals surface area contributed by atoms with Gasteiger partial charge in [-0.05, 0) is 13.5 Å². The number of hydrogen-bond acceptors (Lipinski definition) is 3. The fourth-order valence-electron chi connectivity index (χ4n) is 0.671. The highest BCUT2D eigenvalue weighted by Crippen LogP contribution is 2.49. The van der Waals surface area contributed by atoms with E-state index in [-0.39, 0.29) is 0 Å². The van der Waals surface area contributed by atoms with Crippen LogP contribution in [0.2, 0.25) is 0 Å². The summed E-state index contributed by atoms with van der Waals surface area (Å²) in [6.07, 6.45) is 0.838. The molecular formula is C7H18NO3P. The minimum atomic E-state index is -2.97. The van der Waals surface area contributed by atoms with Gasteiger partial charge < -0.3 is 0 Å². The van der Waals surface area contributed by atoms with Crippen molar-refractivity contribution in [3.8, 4) is 0 Å². The third kappa shape index (κ3) is 3.23. The molecule has 0 N–H and O–H groups in total. The summed E-state index contributed by atoms with van der Waals surface area (Å²) in [7, 11) is 0.153. The Morgan fingerprint density at radius 3 is 2.33 bits per heavy atom. The van der Waals surface area contributed by atoms with Crippen molar-refractivity contribution in [2.45, 2.75) is 20.3 Å². The van der Waals surface area contributed by atoms with Gasteiger partial charge >= 0.3 is 7.75 Å². The summed E-state index contributed by atoms with van der Waals surface area (Å²) in [6, 6.07) is 0. The monoisotopic (exact) mass is 195 g/mol. The van der Waals surface area contributed by atoms with E-state index in [2.05, 4.69) is 0 Å². The van der Waals surface area contributed by atoms with Crippen molar-refractivity contribution < 1.29 is 13.6 Å². The van der Waals surface area contributed by atoms with Crippen molar-refractivity contribution in [2.75, 3.05) is 27.3 Å². The van der Waals surface area contributed by atoms with Crippen molar-refractivity contribution in [2.24, 2.45) is 0 Å². The third-order valence-electron chi connectivity index (χ3n) is 1.57. The summed E-state index contributed by atoms with van der Waals surface area (Å²) < 4.78 is 23.3. The molecule has 0 aromatic rings. The quantitative estimate of drug-likeness (QED) is 0.608. The molecule has 0 saturated heterocycles. The Kier molecular flexibility index (Phi) is 5.76. The van der Waals surface area contributed by atoms with E-state index in [0.717, 1.165) is 6.42 Å². The zero-order chi connectivity index (χ0) is 9.61. The molecule has 0 aliphatic rings. The van der Waals surface area contributed by atoms with E-state index in [4.69, 9.17) is 9.05 Å². The van der Waals surface area contributed by atoms with Gasteiger partial charge in [0.2, 0.25) is 0 Å². The smallest absolute Gasteiger partial charge is 0.300 e. The molecule has 0 aliphatic carbocycles. The Balaban J connectivity index is 4.14. The number of hydrogen-bond donors (Lipinski definition) is 0. The average molecular weight is 195 g/mol. The molecule has 5 heteroatoms. The second-order valence-corrected chi connectivity index (χ2v) is 4.70. The maximum absolute atomic E-state index is 11.8. The first-order chi connectivity index (χ1) is 5.60. The molecule has 0 radical (unpaired) electrons. The maximum atomic E-state index is 11.8.